The molecule has 1 heterocycles. The number of rotatable bonds is 5. The summed E-state index contributed by atoms with van der Waals surface area (Å²) >= 11 is 7.21. The molecule has 0 saturated heterocycles. The van der Waals surface area contributed by atoms with Gasteiger partial charge >= 0.3 is 0 Å². The van der Waals surface area contributed by atoms with Gasteiger partial charge in [-0.15, -0.1) is 11.3 Å². The lowest BCUT2D eigenvalue weighted by atomic mass is 9.85. The minimum Gasteiger partial charge on any atom is -0.372 e. The summed E-state index contributed by atoms with van der Waals surface area (Å²) in [6.45, 7) is 0. The molecule has 0 aliphatic carbocycles. The van der Waals surface area contributed by atoms with Crippen LogP contribution in [-0.2, 0) is 10.4 Å². The lowest BCUT2D eigenvalue weighted by molar-refractivity contribution is -0.136. The molecule has 2 aromatic carbocycles. The maximum absolute atomic E-state index is 12.8. The van der Waals surface area contributed by atoms with Crippen LogP contribution < -0.4 is 5.43 Å². The Labute approximate surface area is 154 Å². The molecule has 0 fully saturated rings. The Hall–Kier alpha value is -2.47. The molecule has 1 amide bonds. The molecule has 4 nitrogen and oxygen atoms in total. The van der Waals surface area contributed by atoms with Crippen LogP contribution in [0, 0.1) is 0 Å². The van der Waals surface area contributed by atoms with Crippen molar-refractivity contribution in [2.75, 3.05) is 0 Å². The van der Waals surface area contributed by atoms with Gasteiger partial charge in [0, 0.05) is 4.88 Å². The van der Waals surface area contributed by atoms with Crippen LogP contribution in [0.1, 0.15) is 16.0 Å². The number of nitrogens with zero attached hydrogens (tertiary/aromatic N) is 1. The van der Waals surface area contributed by atoms with Crippen molar-refractivity contribution in [1.82, 2.24) is 5.43 Å². The molecular weight excluding hydrogens is 356 g/mol. The Morgan fingerprint density at radius 3 is 2.04 bits per heavy atom. The zero-order valence-corrected chi connectivity index (χ0v) is 14.7. The standard InChI is InChI=1S/C19H15ClN2O2S/c20-17-12-11-16(25-17)13-21-22-18(23)19(24,14-7-3-1-4-8-14)15-9-5-2-6-10-15/h1-13,24H,(H,22,23). The van der Waals surface area contributed by atoms with Gasteiger partial charge in [-0.3, -0.25) is 4.79 Å². The third kappa shape index (κ3) is 3.79. The van der Waals surface area contributed by atoms with Crippen LogP contribution >= 0.6 is 22.9 Å². The average Bonchev–Trinajstić information content (AvgIpc) is 3.07. The quantitative estimate of drug-likeness (QED) is 0.530. The lowest BCUT2D eigenvalue weighted by Crippen LogP contribution is -2.43. The van der Waals surface area contributed by atoms with Crippen molar-refractivity contribution in [2.24, 2.45) is 5.10 Å². The van der Waals surface area contributed by atoms with Gasteiger partial charge in [0.15, 0.2) is 5.60 Å². The van der Waals surface area contributed by atoms with Crippen LogP contribution in [0.2, 0.25) is 4.34 Å². The molecular formula is C19H15ClN2O2S. The summed E-state index contributed by atoms with van der Waals surface area (Å²) in [6, 6.07) is 21.1. The van der Waals surface area contributed by atoms with E-state index >= 15 is 0 Å². The average molecular weight is 371 g/mol. The van der Waals surface area contributed by atoms with E-state index < -0.39 is 11.5 Å². The summed E-state index contributed by atoms with van der Waals surface area (Å²) in [6.07, 6.45) is 1.49. The number of carbonyl (C=O) groups is 1. The number of halogens is 1. The van der Waals surface area contributed by atoms with Crippen molar-refractivity contribution in [3.8, 4) is 0 Å². The van der Waals surface area contributed by atoms with Crippen LogP contribution in [0.25, 0.3) is 0 Å². The highest BCUT2D eigenvalue weighted by Crippen LogP contribution is 2.29. The van der Waals surface area contributed by atoms with Gasteiger partial charge in [-0.25, -0.2) is 5.43 Å². The molecule has 0 aliphatic heterocycles. The Kier molecular flexibility index (Phi) is 5.28. The Bertz CT molecular complexity index is 839. The first-order valence-electron chi connectivity index (χ1n) is 7.53. The van der Waals surface area contributed by atoms with E-state index in [1.54, 1.807) is 60.7 Å². The molecule has 25 heavy (non-hydrogen) atoms. The number of benzene rings is 2. The summed E-state index contributed by atoms with van der Waals surface area (Å²) in [5, 5.41) is 15.2. The van der Waals surface area contributed by atoms with E-state index in [0.29, 0.717) is 15.5 Å². The molecule has 0 aliphatic rings. The van der Waals surface area contributed by atoms with Gasteiger partial charge in [-0.2, -0.15) is 5.10 Å². The molecule has 0 atom stereocenters. The van der Waals surface area contributed by atoms with E-state index in [0.717, 1.165) is 4.88 Å². The summed E-state index contributed by atoms with van der Waals surface area (Å²) in [5.41, 5.74) is 1.51. The van der Waals surface area contributed by atoms with Gasteiger partial charge in [-0.1, -0.05) is 72.3 Å². The predicted octanol–water partition coefficient (Wildman–Crippen LogP) is 3.79. The fraction of sp³-hybridized carbons (Fsp3) is 0.0526. The van der Waals surface area contributed by atoms with Crippen molar-refractivity contribution >= 4 is 35.1 Å². The number of aliphatic hydroxyl groups is 1. The predicted molar refractivity (Wildman–Crippen MR) is 101 cm³/mol. The maximum Gasteiger partial charge on any atom is 0.281 e. The van der Waals surface area contributed by atoms with Gasteiger partial charge < -0.3 is 5.11 Å². The molecule has 0 bridgehead atoms. The van der Waals surface area contributed by atoms with Crippen LogP contribution in [0.5, 0.6) is 0 Å². The minimum absolute atomic E-state index is 0.466. The highest BCUT2D eigenvalue weighted by molar-refractivity contribution is 7.17. The van der Waals surface area contributed by atoms with E-state index in [-0.39, 0.29) is 0 Å². The fourth-order valence-electron chi connectivity index (χ4n) is 2.42. The molecule has 3 aromatic rings. The van der Waals surface area contributed by atoms with E-state index in [1.807, 2.05) is 12.1 Å². The highest BCUT2D eigenvalue weighted by atomic mass is 35.5. The molecule has 0 unspecified atom stereocenters. The fourth-order valence-corrected chi connectivity index (χ4v) is 3.35. The van der Waals surface area contributed by atoms with Crippen LogP contribution in [-0.4, -0.2) is 17.2 Å². The molecule has 0 spiro atoms. The van der Waals surface area contributed by atoms with Crippen molar-refractivity contribution in [3.05, 3.63) is 93.1 Å². The third-order valence-corrected chi connectivity index (χ3v) is 4.83. The van der Waals surface area contributed by atoms with Crippen molar-refractivity contribution < 1.29 is 9.90 Å². The molecule has 0 radical (unpaired) electrons. The van der Waals surface area contributed by atoms with Gasteiger partial charge in [0.1, 0.15) is 0 Å². The normalized spacial score (nSPS) is 11.6. The number of amides is 1. The van der Waals surface area contributed by atoms with Crippen molar-refractivity contribution in [2.45, 2.75) is 5.60 Å². The third-order valence-electron chi connectivity index (χ3n) is 3.66. The zero-order chi connectivity index (χ0) is 17.7. The number of thiophene rings is 1. The minimum atomic E-state index is -1.84. The molecule has 3 rings (SSSR count). The Morgan fingerprint density at radius 2 is 1.56 bits per heavy atom. The second-order valence-electron chi connectivity index (χ2n) is 5.28. The van der Waals surface area contributed by atoms with E-state index in [4.69, 9.17) is 11.6 Å². The zero-order valence-electron chi connectivity index (χ0n) is 13.1. The highest BCUT2D eigenvalue weighted by Gasteiger charge is 2.39. The summed E-state index contributed by atoms with van der Waals surface area (Å²) in [4.78, 5) is 13.6. The molecule has 1 aromatic heterocycles. The summed E-state index contributed by atoms with van der Waals surface area (Å²) < 4.78 is 0.637. The topological polar surface area (TPSA) is 61.7 Å². The van der Waals surface area contributed by atoms with Gasteiger partial charge in [0.25, 0.3) is 5.91 Å². The molecule has 0 saturated carbocycles. The SMILES string of the molecule is O=C(NN=Cc1ccc(Cl)s1)C(O)(c1ccccc1)c1ccccc1. The van der Waals surface area contributed by atoms with Crippen LogP contribution in [0.4, 0.5) is 0 Å². The second kappa shape index (κ2) is 7.61. The van der Waals surface area contributed by atoms with Crippen molar-refractivity contribution in [3.63, 3.8) is 0 Å². The molecule has 6 heteroatoms. The Morgan fingerprint density at radius 1 is 1.00 bits per heavy atom. The van der Waals surface area contributed by atoms with Gasteiger partial charge in [0.2, 0.25) is 0 Å². The molecule has 2 N–H and O–H groups in total. The number of hydrogen-bond acceptors (Lipinski definition) is 4. The molecule has 126 valence electrons. The first-order valence-corrected chi connectivity index (χ1v) is 8.72. The first-order chi connectivity index (χ1) is 12.1. The second-order valence-corrected chi connectivity index (χ2v) is 7.03. The number of carbonyl (C=O) groups excluding carboxylic acids is 1. The number of hydrogen-bond donors (Lipinski definition) is 2. The smallest absolute Gasteiger partial charge is 0.281 e. The van der Waals surface area contributed by atoms with E-state index in [9.17, 15) is 9.90 Å². The first kappa shape index (κ1) is 17.4. The number of nitrogens with one attached hydrogen (secondary N) is 1. The Balaban J connectivity index is 1.89. The van der Waals surface area contributed by atoms with Crippen LogP contribution in [0.3, 0.4) is 0 Å². The largest absolute Gasteiger partial charge is 0.372 e. The lowest BCUT2D eigenvalue weighted by Gasteiger charge is -2.26. The maximum atomic E-state index is 12.8. The summed E-state index contributed by atoms with van der Waals surface area (Å²) in [5.74, 6) is -0.635. The van der Waals surface area contributed by atoms with Crippen LogP contribution in [0.15, 0.2) is 77.9 Å². The van der Waals surface area contributed by atoms with E-state index in [1.165, 1.54) is 17.6 Å². The van der Waals surface area contributed by atoms with Gasteiger partial charge in [-0.05, 0) is 23.3 Å². The monoisotopic (exact) mass is 370 g/mol. The van der Waals surface area contributed by atoms with Gasteiger partial charge in [0.05, 0.1) is 10.6 Å². The number of hydrazone groups is 1. The van der Waals surface area contributed by atoms with E-state index in [2.05, 4.69) is 10.5 Å². The van der Waals surface area contributed by atoms with Crippen molar-refractivity contribution in [1.29, 1.82) is 0 Å². The summed E-state index contributed by atoms with van der Waals surface area (Å²) in [7, 11) is 0.